The summed E-state index contributed by atoms with van der Waals surface area (Å²) >= 11 is 0. The number of carboxylic acid groups (broad SMARTS) is 1. The molecule has 26 heavy (non-hydrogen) atoms. The van der Waals surface area contributed by atoms with Crippen molar-refractivity contribution in [3.8, 4) is 0 Å². The number of rotatable bonds is 11. The van der Waals surface area contributed by atoms with Crippen LogP contribution in [0.1, 0.15) is 49.4 Å². The summed E-state index contributed by atoms with van der Waals surface area (Å²) in [6.07, 6.45) is 4.44. The maximum atomic E-state index is 12.9. The Balaban J connectivity index is 2.11. The Morgan fingerprint density at radius 1 is 1.19 bits per heavy atom. The van der Waals surface area contributed by atoms with Crippen molar-refractivity contribution in [2.75, 3.05) is 13.1 Å². The number of unbranched alkanes of at least 4 members (excludes halogenated alkanes) is 2. The van der Waals surface area contributed by atoms with E-state index in [0.717, 1.165) is 12.5 Å². The monoisotopic (exact) mass is 367 g/mol. The lowest BCUT2D eigenvalue weighted by Gasteiger charge is -2.14. The Labute approximate surface area is 151 Å². The van der Waals surface area contributed by atoms with Gasteiger partial charge in [-0.1, -0.05) is 13.3 Å². The van der Waals surface area contributed by atoms with E-state index in [1.807, 2.05) is 6.92 Å². The third-order valence-electron chi connectivity index (χ3n) is 3.59. The Kier molecular flexibility index (Phi) is 9.66. The highest BCUT2D eigenvalue weighted by molar-refractivity contribution is 5.93. The number of aromatic nitrogens is 1. The van der Waals surface area contributed by atoms with Crippen LogP contribution in [0.2, 0.25) is 0 Å². The van der Waals surface area contributed by atoms with Crippen LogP contribution in [0.15, 0.2) is 18.3 Å². The fraction of sp³-hybridized carbons (Fsp3) is 0.529. The van der Waals surface area contributed by atoms with Crippen molar-refractivity contribution >= 4 is 17.9 Å². The molecule has 1 atom stereocenters. The van der Waals surface area contributed by atoms with E-state index >= 15 is 0 Å². The van der Waals surface area contributed by atoms with Crippen LogP contribution in [0.25, 0.3) is 0 Å². The lowest BCUT2D eigenvalue weighted by Crippen LogP contribution is -2.46. The number of aliphatic carboxylic acids is 1. The number of carbonyl (C=O) groups excluding carboxylic acids is 2. The summed E-state index contributed by atoms with van der Waals surface area (Å²) in [6, 6.07) is 1.12. The lowest BCUT2D eigenvalue weighted by molar-refractivity contribution is -0.139. The van der Waals surface area contributed by atoms with Gasteiger partial charge in [0, 0.05) is 30.9 Å². The molecule has 0 radical (unpaired) electrons. The normalized spacial score (nSPS) is 11.5. The third kappa shape index (κ3) is 8.41. The molecule has 0 aliphatic carbocycles. The quantitative estimate of drug-likeness (QED) is 0.350. The highest BCUT2D eigenvalue weighted by Crippen LogP contribution is 2.01. The van der Waals surface area contributed by atoms with E-state index < -0.39 is 24.0 Å². The first kappa shape index (κ1) is 21.3. The van der Waals surface area contributed by atoms with E-state index in [9.17, 15) is 18.8 Å². The Morgan fingerprint density at radius 3 is 2.50 bits per heavy atom. The van der Waals surface area contributed by atoms with E-state index in [2.05, 4.69) is 20.9 Å². The van der Waals surface area contributed by atoms with Crippen molar-refractivity contribution in [1.29, 1.82) is 0 Å². The first-order valence-corrected chi connectivity index (χ1v) is 8.61. The second kappa shape index (κ2) is 11.8. The molecular formula is C17H25FN4O4. The molecule has 9 heteroatoms. The molecule has 0 fully saturated rings. The molecule has 0 bridgehead atoms. The number of nitrogens with zero attached hydrogens (tertiary/aromatic N) is 1. The van der Waals surface area contributed by atoms with Crippen LogP contribution >= 0.6 is 0 Å². The molecule has 4 N–H and O–H groups in total. The minimum absolute atomic E-state index is 0.218. The maximum Gasteiger partial charge on any atom is 0.326 e. The summed E-state index contributed by atoms with van der Waals surface area (Å²) in [5, 5.41) is 16.7. The minimum Gasteiger partial charge on any atom is -0.480 e. The van der Waals surface area contributed by atoms with E-state index in [-0.39, 0.29) is 11.5 Å². The molecule has 1 aromatic heterocycles. The number of carbonyl (C=O) groups is 3. The highest BCUT2D eigenvalue weighted by atomic mass is 18.2. The predicted molar refractivity (Wildman–Crippen MR) is 93.2 cm³/mol. The number of hydrogen-bond acceptors (Lipinski definition) is 4. The summed E-state index contributed by atoms with van der Waals surface area (Å²) in [6.45, 7) is 2.69. The Hall–Kier alpha value is -2.71. The average Bonchev–Trinajstić information content (AvgIpc) is 2.60. The van der Waals surface area contributed by atoms with Crippen molar-refractivity contribution in [2.45, 2.75) is 45.1 Å². The van der Waals surface area contributed by atoms with Crippen molar-refractivity contribution in [3.63, 3.8) is 0 Å². The molecule has 1 aromatic rings. The molecule has 0 spiro atoms. The van der Waals surface area contributed by atoms with Crippen molar-refractivity contribution < 1.29 is 23.9 Å². The van der Waals surface area contributed by atoms with Gasteiger partial charge in [-0.15, -0.1) is 0 Å². The van der Waals surface area contributed by atoms with Crippen LogP contribution in [-0.2, 0) is 4.79 Å². The van der Waals surface area contributed by atoms with E-state index in [4.69, 9.17) is 5.11 Å². The molecule has 8 nitrogen and oxygen atoms in total. The van der Waals surface area contributed by atoms with Gasteiger partial charge in [-0.2, -0.15) is 4.39 Å². The smallest absolute Gasteiger partial charge is 0.326 e. The molecule has 0 aliphatic heterocycles. The molecule has 0 saturated carbocycles. The number of pyridine rings is 1. The number of amides is 3. The molecule has 0 aromatic carbocycles. The van der Waals surface area contributed by atoms with E-state index in [1.165, 1.54) is 12.3 Å². The van der Waals surface area contributed by atoms with Crippen LogP contribution in [0.3, 0.4) is 0 Å². The largest absolute Gasteiger partial charge is 0.480 e. The topological polar surface area (TPSA) is 120 Å². The van der Waals surface area contributed by atoms with E-state index in [0.29, 0.717) is 38.8 Å². The van der Waals surface area contributed by atoms with Gasteiger partial charge < -0.3 is 21.1 Å². The van der Waals surface area contributed by atoms with Gasteiger partial charge in [-0.3, -0.25) is 4.79 Å². The number of nitrogens with one attached hydrogen (secondary N) is 3. The molecule has 3 amide bonds. The molecule has 1 rings (SSSR count). The number of hydrogen-bond donors (Lipinski definition) is 4. The van der Waals surface area contributed by atoms with Crippen molar-refractivity contribution in [2.24, 2.45) is 0 Å². The molecule has 0 saturated heterocycles. The third-order valence-corrected chi connectivity index (χ3v) is 3.59. The summed E-state index contributed by atoms with van der Waals surface area (Å²) in [5.41, 5.74) is 0.218. The maximum absolute atomic E-state index is 12.9. The molecular weight excluding hydrogens is 342 g/mol. The lowest BCUT2D eigenvalue weighted by atomic mass is 10.2. The zero-order valence-electron chi connectivity index (χ0n) is 14.8. The first-order valence-electron chi connectivity index (χ1n) is 8.61. The molecule has 1 heterocycles. The standard InChI is InChI=1S/C17H25FN4O4/c1-2-6-13(16(24)25)22-17(26)21-9-5-3-4-8-20-15(23)12-7-10-19-14(18)11-12/h7,10-11,13H,2-6,8-9H2,1H3,(H,20,23)(H,24,25)(H2,21,22,26)/t13-/m0/s1/i18-1. The van der Waals surface area contributed by atoms with Gasteiger partial charge in [0.1, 0.15) is 6.04 Å². The van der Waals surface area contributed by atoms with Gasteiger partial charge in [0.2, 0.25) is 5.95 Å². The van der Waals surface area contributed by atoms with Gasteiger partial charge in [-0.05, 0) is 31.7 Å². The van der Waals surface area contributed by atoms with Gasteiger partial charge in [0.25, 0.3) is 5.91 Å². The Morgan fingerprint density at radius 2 is 1.88 bits per heavy atom. The van der Waals surface area contributed by atoms with Crippen LogP contribution in [-0.4, -0.2) is 47.1 Å². The zero-order chi connectivity index (χ0) is 19.4. The zero-order valence-corrected chi connectivity index (χ0v) is 14.8. The number of urea groups is 1. The summed E-state index contributed by atoms with van der Waals surface area (Å²) in [5.74, 6) is -2.11. The summed E-state index contributed by atoms with van der Waals surface area (Å²) in [7, 11) is 0. The second-order valence-electron chi connectivity index (χ2n) is 5.76. The van der Waals surface area contributed by atoms with Gasteiger partial charge >= 0.3 is 12.0 Å². The second-order valence-corrected chi connectivity index (χ2v) is 5.76. The Bertz CT molecular complexity index is 612. The van der Waals surface area contributed by atoms with Crippen molar-refractivity contribution in [1.82, 2.24) is 20.9 Å². The minimum atomic E-state index is -1.05. The molecule has 0 unspecified atom stereocenters. The molecule has 144 valence electrons. The van der Waals surface area contributed by atoms with Crippen LogP contribution in [0.4, 0.5) is 9.18 Å². The summed E-state index contributed by atoms with van der Waals surface area (Å²) < 4.78 is 12.9. The fourth-order valence-corrected chi connectivity index (χ4v) is 2.23. The van der Waals surface area contributed by atoms with Crippen LogP contribution < -0.4 is 16.0 Å². The number of halogens is 1. The van der Waals surface area contributed by atoms with Crippen molar-refractivity contribution in [3.05, 3.63) is 29.8 Å². The van der Waals surface area contributed by atoms with Gasteiger partial charge in [0.05, 0.1) is 0 Å². The predicted octanol–water partition coefficient (Wildman–Crippen LogP) is 1.67. The SMILES string of the molecule is CCC[C@H](NC(=O)NCCCCCNC(=O)c1ccnc([18F])c1)C(=O)O. The average molecular weight is 367 g/mol. The van der Waals surface area contributed by atoms with Gasteiger partial charge in [0.15, 0.2) is 0 Å². The summed E-state index contributed by atoms with van der Waals surface area (Å²) in [4.78, 5) is 37.7. The fourth-order valence-electron chi connectivity index (χ4n) is 2.23. The van der Waals surface area contributed by atoms with E-state index in [1.54, 1.807) is 0 Å². The first-order chi connectivity index (χ1) is 12.4. The molecule has 0 aliphatic rings. The van der Waals surface area contributed by atoms with Crippen LogP contribution in [0, 0.1) is 5.95 Å². The highest BCUT2D eigenvalue weighted by Gasteiger charge is 2.18. The number of carboxylic acids is 1. The van der Waals surface area contributed by atoms with Gasteiger partial charge in [-0.25, -0.2) is 14.6 Å². The van der Waals surface area contributed by atoms with Crippen LogP contribution in [0.5, 0.6) is 0 Å².